The van der Waals surface area contributed by atoms with E-state index in [0.717, 1.165) is 11.4 Å². The van der Waals surface area contributed by atoms with Gasteiger partial charge in [-0.3, -0.25) is 15.0 Å². The lowest BCUT2D eigenvalue weighted by molar-refractivity contribution is 0.00261. The van der Waals surface area contributed by atoms with Crippen LogP contribution in [0, 0.1) is 0 Å². The highest BCUT2D eigenvalue weighted by Gasteiger charge is 2.35. The van der Waals surface area contributed by atoms with Crippen molar-refractivity contribution < 1.29 is 4.79 Å². The molecule has 1 aromatic rings. The van der Waals surface area contributed by atoms with Gasteiger partial charge in [0.15, 0.2) is 0 Å². The second-order valence-corrected chi connectivity index (χ2v) is 6.54. The minimum Gasteiger partial charge on any atom is -0.254 e. The van der Waals surface area contributed by atoms with E-state index in [9.17, 15) is 4.79 Å². The second-order valence-electron chi connectivity index (χ2n) is 6.54. The molecular formula is C16H27N5O. The Morgan fingerprint density at radius 2 is 1.55 bits per heavy atom. The van der Waals surface area contributed by atoms with Crippen molar-refractivity contribution in [2.45, 2.75) is 65.7 Å². The largest absolute Gasteiger partial charge is 0.349 e. The molecule has 1 aliphatic rings. The molecule has 2 heterocycles. The summed E-state index contributed by atoms with van der Waals surface area (Å²) in [5.74, 6) is 0.368. The van der Waals surface area contributed by atoms with Crippen LogP contribution in [-0.4, -0.2) is 33.1 Å². The van der Waals surface area contributed by atoms with E-state index in [1.165, 1.54) is 0 Å². The summed E-state index contributed by atoms with van der Waals surface area (Å²) in [5, 5.41) is 3.32. The van der Waals surface area contributed by atoms with E-state index in [-0.39, 0.29) is 24.3 Å². The third kappa shape index (κ3) is 3.39. The van der Waals surface area contributed by atoms with E-state index < -0.39 is 0 Å². The molecule has 1 saturated heterocycles. The molecule has 0 saturated carbocycles. The van der Waals surface area contributed by atoms with Gasteiger partial charge in [-0.1, -0.05) is 19.9 Å². The second kappa shape index (κ2) is 6.62. The lowest BCUT2D eigenvalue weighted by atomic mass is 10.1. The number of hydrazine groups is 2. The van der Waals surface area contributed by atoms with Gasteiger partial charge in [-0.25, -0.2) is 15.6 Å². The number of aromatic nitrogens is 1. The first-order valence-corrected chi connectivity index (χ1v) is 7.92. The van der Waals surface area contributed by atoms with Crippen LogP contribution in [0.2, 0.25) is 0 Å². The Hall–Kier alpha value is -1.66. The number of carbonyl (C=O) groups excluding carboxylic acids is 1. The lowest BCUT2D eigenvalue weighted by Gasteiger charge is -2.44. The minimum atomic E-state index is -0.221. The fourth-order valence-electron chi connectivity index (χ4n) is 2.36. The van der Waals surface area contributed by atoms with E-state index in [1.54, 1.807) is 10.0 Å². The molecule has 122 valence electrons. The van der Waals surface area contributed by atoms with Crippen LogP contribution in [0.25, 0.3) is 0 Å². The Morgan fingerprint density at radius 1 is 1.00 bits per heavy atom. The van der Waals surface area contributed by atoms with Crippen LogP contribution < -0.4 is 10.9 Å². The fourth-order valence-corrected chi connectivity index (χ4v) is 2.36. The van der Waals surface area contributed by atoms with Crippen molar-refractivity contribution in [2.75, 3.05) is 0 Å². The lowest BCUT2D eigenvalue weighted by Crippen LogP contribution is -2.68. The standard InChI is InChI=1S/C16H27N5O/c1-10(2)13-8-7-9-14(17-13)15-18-20(11(3)4)16(22)21(19-15)12(5)6/h7-12,15,18-19H,1-6H3. The highest BCUT2D eigenvalue weighted by molar-refractivity contribution is 5.74. The molecule has 2 rings (SSSR count). The number of carbonyl (C=O) groups is 1. The predicted octanol–water partition coefficient (Wildman–Crippen LogP) is 2.77. The molecule has 0 bridgehead atoms. The van der Waals surface area contributed by atoms with Crippen LogP contribution in [0.1, 0.15) is 65.0 Å². The maximum Gasteiger partial charge on any atom is 0.349 e. The predicted molar refractivity (Wildman–Crippen MR) is 86.7 cm³/mol. The summed E-state index contributed by atoms with van der Waals surface area (Å²) < 4.78 is 0. The Labute approximate surface area is 132 Å². The summed E-state index contributed by atoms with van der Waals surface area (Å²) in [4.78, 5) is 17.2. The highest BCUT2D eigenvalue weighted by atomic mass is 16.2. The molecule has 1 aliphatic heterocycles. The third-order valence-electron chi connectivity index (χ3n) is 3.66. The first-order valence-electron chi connectivity index (χ1n) is 7.92. The SMILES string of the molecule is CC(C)c1cccc(C2NN(C(C)C)C(=O)N(C(C)C)N2)n1. The first-order chi connectivity index (χ1) is 10.3. The molecule has 22 heavy (non-hydrogen) atoms. The van der Waals surface area contributed by atoms with Crippen LogP contribution in [-0.2, 0) is 0 Å². The number of hydrogen-bond donors (Lipinski definition) is 2. The van der Waals surface area contributed by atoms with Gasteiger partial charge in [0, 0.05) is 17.8 Å². The molecule has 6 heteroatoms. The van der Waals surface area contributed by atoms with E-state index in [4.69, 9.17) is 4.98 Å². The van der Waals surface area contributed by atoms with Crippen LogP contribution in [0.5, 0.6) is 0 Å². The molecule has 0 spiro atoms. The first kappa shape index (κ1) is 16.7. The van der Waals surface area contributed by atoms with Crippen molar-refractivity contribution in [1.29, 1.82) is 0 Å². The third-order valence-corrected chi connectivity index (χ3v) is 3.66. The van der Waals surface area contributed by atoms with Gasteiger partial charge in [0.05, 0.1) is 5.69 Å². The van der Waals surface area contributed by atoms with E-state index in [2.05, 4.69) is 24.7 Å². The smallest absolute Gasteiger partial charge is 0.254 e. The van der Waals surface area contributed by atoms with Crippen molar-refractivity contribution in [3.8, 4) is 0 Å². The summed E-state index contributed by atoms with van der Waals surface area (Å²) in [6.45, 7) is 12.2. The summed E-state index contributed by atoms with van der Waals surface area (Å²) in [7, 11) is 0. The maximum atomic E-state index is 12.5. The summed E-state index contributed by atoms with van der Waals surface area (Å²) in [6, 6.07) is 6.07. The van der Waals surface area contributed by atoms with Gasteiger partial charge < -0.3 is 0 Å². The zero-order chi connectivity index (χ0) is 16.4. The average molecular weight is 305 g/mol. The Kier molecular flexibility index (Phi) is 5.03. The van der Waals surface area contributed by atoms with Gasteiger partial charge in [-0.15, -0.1) is 0 Å². The molecule has 2 amide bonds. The molecule has 0 aliphatic carbocycles. The monoisotopic (exact) mass is 305 g/mol. The topological polar surface area (TPSA) is 60.5 Å². The molecule has 1 fully saturated rings. The van der Waals surface area contributed by atoms with Crippen molar-refractivity contribution in [3.05, 3.63) is 29.6 Å². The molecule has 0 atom stereocenters. The average Bonchev–Trinajstić information content (AvgIpc) is 2.46. The van der Waals surface area contributed by atoms with Crippen molar-refractivity contribution in [2.24, 2.45) is 0 Å². The quantitative estimate of drug-likeness (QED) is 0.898. The number of hydrogen-bond acceptors (Lipinski definition) is 4. The highest BCUT2D eigenvalue weighted by Crippen LogP contribution is 2.20. The zero-order valence-electron chi connectivity index (χ0n) is 14.3. The molecule has 6 nitrogen and oxygen atoms in total. The maximum absolute atomic E-state index is 12.5. The number of pyridine rings is 1. The van der Waals surface area contributed by atoms with E-state index in [1.807, 2.05) is 45.9 Å². The molecular weight excluding hydrogens is 278 g/mol. The van der Waals surface area contributed by atoms with Gasteiger partial charge in [-0.2, -0.15) is 0 Å². The molecule has 0 radical (unpaired) electrons. The molecule has 0 unspecified atom stereocenters. The number of nitrogens with zero attached hydrogens (tertiary/aromatic N) is 3. The number of rotatable bonds is 4. The number of urea groups is 1. The van der Waals surface area contributed by atoms with Gasteiger partial charge in [0.1, 0.15) is 6.17 Å². The molecule has 2 N–H and O–H groups in total. The fraction of sp³-hybridized carbons (Fsp3) is 0.625. The zero-order valence-corrected chi connectivity index (χ0v) is 14.3. The van der Waals surface area contributed by atoms with Crippen molar-refractivity contribution in [1.82, 2.24) is 25.9 Å². The van der Waals surface area contributed by atoms with Gasteiger partial charge in [0.2, 0.25) is 0 Å². The molecule has 1 aromatic heterocycles. The van der Waals surface area contributed by atoms with Gasteiger partial charge in [-0.05, 0) is 45.7 Å². The Balaban J connectivity index is 2.30. The normalized spacial score (nSPS) is 17.2. The van der Waals surface area contributed by atoms with Crippen molar-refractivity contribution >= 4 is 6.03 Å². The Morgan fingerprint density at radius 3 is 2.00 bits per heavy atom. The van der Waals surface area contributed by atoms with E-state index >= 15 is 0 Å². The number of amides is 2. The van der Waals surface area contributed by atoms with Crippen molar-refractivity contribution in [3.63, 3.8) is 0 Å². The van der Waals surface area contributed by atoms with Gasteiger partial charge in [0.25, 0.3) is 0 Å². The van der Waals surface area contributed by atoms with Crippen LogP contribution in [0.3, 0.4) is 0 Å². The van der Waals surface area contributed by atoms with Gasteiger partial charge >= 0.3 is 6.03 Å². The Bertz CT molecular complexity index is 509. The molecule has 0 aromatic carbocycles. The van der Waals surface area contributed by atoms with E-state index in [0.29, 0.717) is 5.92 Å². The summed E-state index contributed by atoms with van der Waals surface area (Å²) in [5.41, 5.74) is 8.41. The summed E-state index contributed by atoms with van der Waals surface area (Å²) >= 11 is 0. The van der Waals surface area contributed by atoms with Crippen LogP contribution in [0.4, 0.5) is 4.79 Å². The summed E-state index contributed by atoms with van der Waals surface area (Å²) in [6.07, 6.45) is -0.221. The number of nitrogens with one attached hydrogen (secondary N) is 2. The van der Waals surface area contributed by atoms with Crippen LogP contribution >= 0.6 is 0 Å². The minimum absolute atomic E-state index is 0.0617. The van der Waals surface area contributed by atoms with Crippen LogP contribution in [0.15, 0.2) is 18.2 Å².